The van der Waals surface area contributed by atoms with E-state index in [9.17, 15) is 19.8 Å². The predicted molar refractivity (Wildman–Crippen MR) is 134 cm³/mol. The van der Waals surface area contributed by atoms with Gasteiger partial charge in [-0.1, -0.05) is 12.1 Å². The Labute approximate surface area is 211 Å². The third-order valence-electron chi connectivity index (χ3n) is 6.33. The third-order valence-corrected chi connectivity index (χ3v) is 6.33. The van der Waals surface area contributed by atoms with Crippen LogP contribution in [0.1, 0.15) is 23.5 Å². The first-order chi connectivity index (χ1) is 17.9. The number of carbonyl (C=O) groups excluding carboxylic acids is 1. The summed E-state index contributed by atoms with van der Waals surface area (Å²) >= 11 is 0. The number of hydrogen-bond acceptors (Lipinski definition) is 9. The summed E-state index contributed by atoms with van der Waals surface area (Å²) in [6.45, 7) is 0.711. The number of aromatic hydroxyl groups is 2. The summed E-state index contributed by atoms with van der Waals surface area (Å²) in [4.78, 5) is 25.9. The molecule has 0 amide bonds. The maximum Gasteiger partial charge on any atom is 0.306 e. The van der Waals surface area contributed by atoms with E-state index in [1.54, 1.807) is 24.3 Å². The van der Waals surface area contributed by atoms with E-state index in [1.807, 2.05) is 0 Å². The summed E-state index contributed by atoms with van der Waals surface area (Å²) in [7, 11) is 2.77. The Kier molecular flexibility index (Phi) is 6.35. The van der Waals surface area contributed by atoms with E-state index in [0.29, 0.717) is 41.6 Å². The van der Waals surface area contributed by atoms with E-state index in [2.05, 4.69) is 0 Å². The smallest absolute Gasteiger partial charge is 0.306 e. The Balaban J connectivity index is 1.72. The van der Waals surface area contributed by atoms with Crippen molar-refractivity contribution in [1.29, 1.82) is 0 Å². The Hall–Kier alpha value is -4.66. The molecule has 0 saturated carbocycles. The second kappa shape index (κ2) is 9.77. The van der Waals surface area contributed by atoms with Gasteiger partial charge in [0.1, 0.15) is 36.6 Å². The third kappa shape index (κ3) is 4.40. The Morgan fingerprint density at radius 2 is 1.78 bits per heavy atom. The van der Waals surface area contributed by atoms with Gasteiger partial charge in [-0.05, 0) is 47.5 Å². The van der Waals surface area contributed by atoms with Gasteiger partial charge in [0.15, 0.2) is 11.5 Å². The minimum absolute atomic E-state index is 0.0710. The lowest BCUT2D eigenvalue weighted by molar-refractivity contribution is -0.140. The van der Waals surface area contributed by atoms with E-state index in [4.69, 9.17) is 23.4 Å². The molecule has 190 valence electrons. The number of methoxy groups -OCH3 is 2. The highest BCUT2D eigenvalue weighted by Gasteiger charge is 2.29. The zero-order valence-corrected chi connectivity index (χ0v) is 20.1. The molecule has 1 aliphatic rings. The highest BCUT2D eigenvalue weighted by molar-refractivity contribution is 5.87. The largest absolute Gasteiger partial charge is 0.508 e. The Morgan fingerprint density at radius 1 is 1.03 bits per heavy atom. The fourth-order valence-corrected chi connectivity index (χ4v) is 4.52. The van der Waals surface area contributed by atoms with Crippen molar-refractivity contribution < 1.29 is 38.4 Å². The second-order valence-electron chi connectivity index (χ2n) is 8.48. The molecule has 0 spiro atoms. The molecular weight excluding hydrogens is 480 g/mol. The molecular formula is C28H24O9. The van der Waals surface area contributed by atoms with Crippen LogP contribution >= 0.6 is 0 Å². The number of ether oxygens (including phenoxy) is 4. The molecule has 0 aliphatic carbocycles. The van der Waals surface area contributed by atoms with Crippen molar-refractivity contribution in [3.8, 4) is 39.9 Å². The van der Waals surface area contributed by atoms with Crippen molar-refractivity contribution in [2.75, 3.05) is 27.4 Å². The van der Waals surface area contributed by atoms with Gasteiger partial charge in [-0.25, -0.2) is 0 Å². The molecule has 9 nitrogen and oxygen atoms in total. The summed E-state index contributed by atoms with van der Waals surface area (Å²) in [6, 6.07) is 12.4. The monoisotopic (exact) mass is 504 g/mol. The van der Waals surface area contributed by atoms with E-state index in [-0.39, 0.29) is 45.4 Å². The fourth-order valence-electron chi connectivity index (χ4n) is 4.52. The van der Waals surface area contributed by atoms with Crippen molar-refractivity contribution in [1.82, 2.24) is 0 Å². The molecule has 1 aromatic heterocycles. The molecule has 37 heavy (non-hydrogen) atoms. The Morgan fingerprint density at radius 3 is 2.51 bits per heavy atom. The number of phenolic OH excluding ortho intramolecular Hbond substituents is 2. The van der Waals surface area contributed by atoms with Crippen LogP contribution in [0.3, 0.4) is 0 Å². The van der Waals surface area contributed by atoms with Crippen molar-refractivity contribution in [2.45, 2.75) is 12.3 Å². The van der Waals surface area contributed by atoms with Crippen molar-refractivity contribution in [3.05, 3.63) is 76.1 Å². The molecule has 3 aromatic carbocycles. The van der Waals surface area contributed by atoms with Gasteiger partial charge >= 0.3 is 5.97 Å². The highest BCUT2D eigenvalue weighted by atomic mass is 16.6. The molecule has 1 aliphatic heterocycles. The van der Waals surface area contributed by atoms with Gasteiger partial charge in [0.25, 0.3) is 0 Å². The van der Waals surface area contributed by atoms with Crippen LogP contribution in [0.25, 0.3) is 22.1 Å². The molecule has 9 heteroatoms. The average Bonchev–Trinajstić information content (AvgIpc) is 2.92. The van der Waals surface area contributed by atoms with E-state index in [0.717, 1.165) is 0 Å². The summed E-state index contributed by atoms with van der Waals surface area (Å²) in [5, 5.41) is 20.8. The first kappa shape index (κ1) is 24.1. The van der Waals surface area contributed by atoms with E-state index >= 15 is 0 Å². The number of rotatable bonds is 6. The zero-order chi connectivity index (χ0) is 26.1. The summed E-state index contributed by atoms with van der Waals surface area (Å²) in [6.07, 6.45) is 1.15. The van der Waals surface area contributed by atoms with Gasteiger partial charge in [-0.3, -0.25) is 9.59 Å². The lowest BCUT2D eigenvalue weighted by atomic mass is 9.86. The topological polar surface area (TPSA) is 125 Å². The van der Waals surface area contributed by atoms with Crippen LogP contribution in [0, 0.1) is 0 Å². The molecule has 4 aromatic rings. The van der Waals surface area contributed by atoms with Gasteiger partial charge in [0, 0.05) is 11.5 Å². The van der Waals surface area contributed by atoms with Gasteiger partial charge < -0.3 is 33.6 Å². The normalized spacial score (nSPS) is 13.2. The summed E-state index contributed by atoms with van der Waals surface area (Å²) < 4.78 is 27.8. The number of benzene rings is 3. The van der Waals surface area contributed by atoms with Crippen molar-refractivity contribution in [2.24, 2.45) is 0 Å². The SMILES string of the molecule is COC(=O)C[C@@H](c1cc(OC)c2c(c1)OCCO2)c1c(O)ccc2c(=O)c(-c3ccc(O)cc3)coc12. The number of hydrogen-bond donors (Lipinski definition) is 2. The quantitative estimate of drug-likeness (QED) is 0.369. The van der Waals surface area contributed by atoms with Crippen LogP contribution < -0.4 is 19.6 Å². The van der Waals surface area contributed by atoms with Crippen LogP contribution in [0.4, 0.5) is 0 Å². The molecule has 0 radical (unpaired) electrons. The van der Waals surface area contributed by atoms with Crippen molar-refractivity contribution >= 4 is 16.9 Å². The van der Waals surface area contributed by atoms with Gasteiger partial charge in [-0.15, -0.1) is 0 Å². The molecule has 2 N–H and O–H groups in total. The van der Waals surface area contributed by atoms with E-state index in [1.165, 1.54) is 44.7 Å². The lowest BCUT2D eigenvalue weighted by Crippen LogP contribution is -2.17. The molecule has 0 saturated heterocycles. The van der Waals surface area contributed by atoms with Gasteiger partial charge in [-0.2, -0.15) is 0 Å². The predicted octanol–water partition coefficient (Wildman–Crippen LogP) is 4.35. The Bertz CT molecular complexity index is 1520. The number of phenols is 2. The van der Waals surface area contributed by atoms with Crippen LogP contribution in [0.15, 0.2) is 64.0 Å². The van der Waals surface area contributed by atoms with Crippen molar-refractivity contribution in [3.63, 3.8) is 0 Å². The summed E-state index contributed by atoms with van der Waals surface area (Å²) in [5.74, 6) is -0.107. The van der Waals surface area contributed by atoms with Crippen LogP contribution in [-0.4, -0.2) is 43.6 Å². The van der Waals surface area contributed by atoms with Gasteiger partial charge in [0.2, 0.25) is 11.2 Å². The number of fused-ring (bicyclic) bond motifs is 2. The highest BCUT2D eigenvalue weighted by Crippen LogP contribution is 2.46. The number of carbonyl (C=O) groups is 1. The van der Waals surface area contributed by atoms with Crippen LogP contribution in [-0.2, 0) is 9.53 Å². The standard InChI is InChI=1S/C28H24O9/c1-33-22-11-16(12-23-28(22)36-10-9-35-23)19(13-24(31)34-2)25-21(30)8-7-18-26(32)20(14-37-27(18)25)15-3-5-17(29)6-4-15/h3-8,11-12,14,19,29-30H,9-10,13H2,1-2H3/t19-/m0/s1. The molecule has 0 unspecified atom stereocenters. The minimum atomic E-state index is -0.774. The van der Waals surface area contributed by atoms with E-state index < -0.39 is 11.9 Å². The molecule has 0 fully saturated rings. The maximum absolute atomic E-state index is 13.5. The first-order valence-corrected chi connectivity index (χ1v) is 11.5. The second-order valence-corrected chi connectivity index (χ2v) is 8.48. The average molecular weight is 504 g/mol. The molecule has 1 atom stereocenters. The summed E-state index contributed by atoms with van der Waals surface area (Å²) in [5.41, 5.74) is 1.47. The lowest BCUT2D eigenvalue weighted by Gasteiger charge is -2.24. The fraction of sp³-hybridized carbons (Fsp3) is 0.214. The van der Waals surface area contributed by atoms with Gasteiger partial charge in [0.05, 0.1) is 31.6 Å². The molecule has 0 bridgehead atoms. The molecule has 5 rings (SSSR count). The zero-order valence-electron chi connectivity index (χ0n) is 20.1. The number of esters is 1. The first-order valence-electron chi connectivity index (χ1n) is 11.5. The van der Waals surface area contributed by atoms with Crippen LogP contribution in [0.5, 0.6) is 28.7 Å². The maximum atomic E-state index is 13.5. The van der Waals surface area contributed by atoms with Crippen LogP contribution in [0.2, 0.25) is 0 Å². The minimum Gasteiger partial charge on any atom is -0.508 e. The molecule has 2 heterocycles.